The molecule has 1 aromatic heterocycles. The number of piperazine rings is 1. The number of hydrogen-bond donors (Lipinski definition) is 0. The summed E-state index contributed by atoms with van der Waals surface area (Å²) >= 11 is 6.49. The van der Waals surface area contributed by atoms with Crippen molar-refractivity contribution in [3.05, 3.63) is 76.3 Å². The van der Waals surface area contributed by atoms with Crippen molar-refractivity contribution < 1.29 is 18.3 Å². The number of likely N-dealkylation sites (N-methyl/N-ethyl adjacent to an activating group) is 1. The number of fused-ring (bicyclic) bond motifs is 2. The smallest absolute Gasteiger partial charge is 0.318 e. The number of carbonyl (C=O) groups is 1. The highest BCUT2D eigenvalue weighted by Gasteiger charge is 2.36. The normalized spacial score (nSPS) is 20.3. The van der Waals surface area contributed by atoms with E-state index < -0.39 is 23.6 Å². The first kappa shape index (κ1) is 31.0. The molecule has 0 N–H and O–H groups in total. The zero-order valence-electron chi connectivity index (χ0n) is 25.3. The lowest BCUT2D eigenvalue weighted by molar-refractivity contribution is -0.131. The third-order valence-corrected chi connectivity index (χ3v) is 9.53. The number of benzene rings is 2. The molecule has 45 heavy (non-hydrogen) atoms. The number of carbonyl (C=O) groups excluding carboxylic acids is 1. The molecule has 3 aliphatic rings. The van der Waals surface area contributed by atoms with Gasteiger partial charge in [0.2, 0.25) is 6.54 Å². The minimum Gasteiger partial charge on any atom is -0.462 e. The first-order valence-electron chi connectivity index (χ1n) is 15.4. The molecule has 9 nitrogen and oxygen atoms in total. The van der Waals surface area contributed by atoms with E-state index in [1.165, 1.54) is 11.0 Å². The van der Waals surface area contributed by atoms with E-state index in [1.807, 2.05) is 18.2 Å². The van der Waals surface area contributed by atoms with Gasteiger partial charge in [0, 0.05) is 48.9 Å². The highest BCUT2D eigenvalue weighted by molar-refractivity contribution is 6.36. The fourth-order valence-corrected chi connectivity index (χ4v) is 7.15. The number of hydrogen-bond acceptors (Lipinski definition) is 7. The van der Waals surface area contributed by atoms with E-state index in [2.05, 4.69) is 33.0 Å². The van der Waals surface area contributed by atoms with Gasteiger partial charge in [0.15, 0.2) is 5.83 Å². The van der Waals surface area contributed by atoms with Gasteiger partial charge in [-0.2, -0.15) is 9.97 Å². The summed E-state index contributed by atoms with van der Waals surface area (Å²) in [7, 11) is 0. The Morgan fingerprint density at radius 2 is 2.00 bits per heavy atom. The monoisotopic (exact) mass is 635 g/mol. The highest BCUT2D eigenvalue weighted by Crippen LogP contribution is 2.38. The molecule has 3 aliphatic heterocycles. The van der Waals surface area contributed by atoms with E-state index in [0.717, 1.165) is 48.3 Å². The van der Waals surface area contributed by atoms with Gasteiger partial charge in [-0.15, -0.1) is 0 Å². The minimum absolute atomic E-state index is 0.0346. The molecule has 0 aliphatic carbocycles. The number of likely N-dealkylation sites (tertiary alicyclic amines) is 1. The van der Waals surface area contributed by atoms with Crippen LogP contribution >= 0.6 is 11.6 Å². The average molecular weight is 636 g/mol. The summed E-state index contributed by atoms with van der Waals surface area (Å²) in [6.45, 7) is 17.3. The second-order valence-corrected chi connectivity index (χ2v) is 12.1. The summed E-state index contributed by atoms with van der Waals surface area (Å²) in [5.41, 5.74) is 2.58. The van der Waals surface area contributed by atoms with Crippen LogP contribution in [0.5, 0.6) is 6.01 Å². The molecule has 2 fully saturated rings. The SMILES string of the molecule is [C-]#[N+]C[C@H]1CN(c2nc(OC[C@@H]3CCCN3CC)nc3c2CCN(c2cccc4ccc(F)c(Cl)c24)C3)CCN1C(=O)C(=C)F. The lowest BCUT2D eigenvalue weighted by Gasteiger charge is -2.41. The van der Waals surface area contributed by atoms with Crippen LogP contribution in [-0.2, 0) is 17.8 Å². The van der Waals surface area contributed by atoms with Crippen molar-refractivity contribution in [3.63, 3.8) is 0 Å². The number of nitrogens with zero attached hydrogens (tertiary/aromatic N) is 7. The maximum absolute atomic E-state index is 14.6. The molecule has 12 heteroatoms. The van der Waals surface area contributed by atoms with Crippen molar-refractivity contribution in [2.45, 2.75) is 44.8 Å². The second-order valence-electron chi connectivity index (χ2n) is 11.7. The molecule has 0 spiro atoms. The first-order chi connectivity index (χ1) is 21.8. The molecule has 6 rings (SSSR count). The van der Waals surface area contributed by atoms with Crippen LogP contribution in [0.1, 0.15) is 31.0 Å². The quantitative estimate of drug-likeness (QED) is 0.247. The van der Waals surface area contributed by atoms with Crippen LogP contribution in [0.2, 0.25) is 5.02 Å². The maximum Gasteiger partial charge on any atom is 0.318 e. The Balaban J connectivity index is 1.34. The third kappa shape index (κ3) is 6.14. The number of halogens is 3. The summed E-state index contributed by atoms with van der Waals surface area (Å²) in [5, 5.41) is 1.60. The Morgan fingerprint density at radius 3 is 2.78 bits per heavy atom. The number of anilines is 2. The standard InChI is InChI=1S/C33H36ClF2N7O2/c1-4-40-13-6-8-23(40)20-45-33-38-27-19-41(28-9-5-7-22-10-11-26(36)30(34)29(22)28)14-12-25(27)31(39-33)42-15-16-43(32(44)21(2)35)24(18-42)17-37-3/h5,7,9-11,23-24H,2,4,6,8,12-20H2,1H3/t23-,24-/m0/s1. The van der Waals surface area contributed by atoms with Crippen LogP contribution in [0, 0.1) is 12.4 Å². The number of amides is 1. The number of ether oxygens (including phenoxy) is 1. The Morgan fingerprint density at radius 1 is 1.16 bits per heavy atom. The molecule has 0 saturated carbocycles. The summed E-state index contributed by atoms with van der Waals surface area (Å²) in [5.74, 6) is -1.58. The summed E-state index contributed by atoms with van der Waals surface area (Å²) in [6, 6.07) is 8.95. The molecule has 0 radical (unpaired) electrons. The number of rotatable bonds is 8. The largest absolute Gasteiger partial charge is 0.462 e. The second kappa shape index (κ2) is 13.2. The Bertz CT molecular complexity index is 1660. The van der Waals surface area contributed by atoms with Crippen LogP contribution in [0.15, 0.2) is 42.7 Å². The fraction of sp³-hybridized carbons (Fsp3) is 0.455. The van der Waals surface area contributed by atoms with Gasteiger partial charge in [0.05, 0.1) is 17.3 Å². The average Bonchev–Trinajstić information content (AvgIpc) is 3.52. The lowest BCUT2D eigenvalue weighted by Crippen LogP contribution is -2.57. The van der Waals surface area contributed by atoms with Crippen molar-refractivity contribution in [1.82, 2.24) is 19.8 Å². The van der Waals surface area contributed by atoms with Crippen molar-refractivity contribution in [3.8, 4) is 6.01 Å². The molecule has 0 bridgehead atoms. The molecule has 4 heterocycles. The molecular formula is C33H36ClF2N7O2. The fourth-order valence-electron chi connectivity index (χ4n) is 6.88. The van der Waals surface area contributed by atoms with E-state index >= 15 is 0 Å². The van der Waals surface area contributed by atoms with Gasteiger partial charge in [-0.05, 0) is 49.9 Å². The molecule has 236 valence electrons. The Labute approximate surface area is 266 Å². The predicted octanol–water partition coefficient (Wildman–Crippen LogP) is 5.27. The molecular weight excluding hydrogens is 600 g/mol. The van der Waals surface area contributed by atoms with E-state index in [9.17, 15) is 13.6 Å². The lowest BCUT2D eigenvalue weighted by atomic mass is 10.0. The van der Waals surface area contributed by atoms with Crippen molar-refractivity contribution in [2.75, 3.05) is 62.2 Å². The van der Waals surface area contributed by atoms with Crippen LogP contribution < -0.4 is 14.5 Å². The topological polar surface area (TPSA) is 69.4 Å². The molecule has 0 unspecified atom stereocenters. The van der Waals surface area contributed by atoms with Crippen LogP contribution in [0.25, 0.3) is 15.6 Å². The van der Waals surface area contributed by atoms with Gasteiger partial charge in [0.25, 0.3) is 5.91 Å². The van der Waals surface area contributed by atoms with Gasteiger partial charge in [-0.1, -0.05) is 43.3 Å². The molecule has 2 atom stereocenters. The Hall–Kier alpha value is -4.01. The predicted molar refractivity (Wildman–Crippen MR) is 171 cm³/mol. The maximum atomic E-state index is 14.6. The molecule has 2 saturated heterocycles. The van der Waals surface area contributed by atoms with E-state index in [4.69, 9.17) is 32.9 Å². The van der Waals surface area contributed by atoms with Crippen molar-refractivity contribution in [2.24, 2.45) is 0 Å². The molecule has 1 amide bonds. The van der Waals surface area contributed by atoms with Crippen LogP contribution in [0.3, 0.4) is 0 Å². The number of aromatic nitrogens is 2. The van der Waals surface area contributed by atoms with Crippen molar-refractivity contribution >= 4 is 39.8 Å². The van der Waals surface area contributed by atoms with E-state index in [0.29, 0.717) is 50.4 Å². The van der Waals surface area contributed by atoms with Crippen LogP contribution in [-0.4, -0.2) is 90.2 Å². The summed E-state index contributed by atoms with van der Waals surface area (Å²) in [4.78, 5) is 33.9. The molecule has 2 aromatic carbocycles. The van der Waals surface area contributed by atoms with Gasteiger partial charge in [-0.25, -0.2) is 15.4 Å². The minimum atomic E-state index is -1.03. The van der Waals surface area contributed by atoms with Gasteiger partial charge < -0.3 is 24.3 Å². The van der Waals surface area contributed by atoms with E-state index in [1.54, 1.807) is 6.07 Å². The Kier molecular flexibility index (Phi) is 9.06. The zero-order chi connectivity index (χ0) is 31.7. The van der Waals surface area contributed by atoms with Gasteiger partial charge in [0.1, 0.15) is 24.3 Å². The third-order valence-electron chi connectivity index (χ3n) is 9.16. The summed E-state index contributed by atoms with van der Waals surface area (Å²) < 4.78 is 34.7. The van der Waals surface area contributed by atoms with E-state index in [-0.39, 0.29) is 30.2 Å². The van der Waals surface area contributed by atoms with Gasteiger partial charge in [-0.3, -0.25) is 9.69 Å². The zero-order valence-corrected chi connectivity index (χ0v) is 26.1. The first-order valence-corrected chi connectivity index (χ1v) is 15.8. The highest BCUT2D eigenvalue weighted by atomic mass is 35.5. The summed E-state index contributed by atoms with van der Waals surface area (Å²) in [6.07, 6.45) is 2.78. The van der Waals surface area contributed by atoms with Crippen LogP contribution in [0.4, 0.5) is 20.3 Å². The molecule has 3 aromatic rings. The van der Waals surface area contributed by atoms with Crippen molar-refractivity contribution in [1.29, 1.82) is 0 Å². The van der Waals surface area contributed by atoms with Gasteiger partial charge >= 0.3 is 6.01 Å².